The molecule has 3 heterocycles. The minimum Gasteiger partial charge on any atom is -0.482 e. The van der Waals surface area contributed by atoms with Crippen molar-refractivity contribution in [2.24, 2.45) is 11.7 Å². The third kappa shape index (κ3) is 4.43. The van der Waals surface area contributed by atoms with E-state index in [0.29, 0.717) is 17.1 Å². The number of benzene rings is 1. The molecule has 0 radical (unpaired) electrons. The molecule has 0 bridgehead atoms. The first kappa shape index (κ1) is 20.6. The Labute approximate surface area is 179 Å². The second-order valence-electron chi connectivity index (χ2n) is 7.42. The summed E-state index contributed by atoms with van der Waals surface area (Å²) in [6.45, 7) is 1.55. The molecule has 10 nitrogen and oxygen atoms in total. The van der Waals surface area contributed by atoms with Crippen LogP contribution in [0.25, 0.3) is 5.57 Å². The van der Waals surface area contributed by atoms with Crippen molar-refractivity contribution >= 4 is 34.4 Å². The fourth-order valence-electron chi connectivity index (χ4n) is 3.71. The molecule has 162 valence electrons. The molecule has 2 aliphatic heterocycles. The van der Waals surface area contributed by atoms with Gasteiger partial charge in [-0.05, 0) is 30.9 Å². The van der Waals surface area contributed by atoms with Gasteiger partial charge in [0.25, 0.3) is 11.8 Å². The van der Waals surface area contributed by atoms with Gasteiger partial charge >= 0.3 is 0 Å². The van der Waals surface area contributed by atoms with E-state index in [1.54, 1.807) is 12.1 Å². The zero-order valence-electron chi connectivity index (χ0n) is 16.9. The molecule has 0 aliphatic carbocycles. The lowest BCUT2D eigenvalue weighted by molar-refractivity contribution is -0.118. The molecular weight excluding hydrogens is 400 g/mol. The van der Waals surface area contributed by atoms with Gasteiger partial charge in [-0.2, -0.15) is 0 Å². The highest BCUT2D eigenvalue weighted by Gasteiger charge is 2.26. The summed E-state index contributed by atoms with van der Waals surface area (Å²) in [5.41, 5.74) is 7.57. The van der Waals surface area contributed by atoms with Crippen LogP contribution in [-0.2, 0) is 9.59 Å². The van der Waals surface area contributed by atoms with Gasteiger partial charge in [0.1, 0.15) is 5.75 Å². The van der Waals surface area contributed by atoms with E-state index in [1.165, 1.54) is 18.6 Å². The van der Waals surface area contributed by atoms with Crippen molar-refractivity contribution in [1.29, 1.82) is 0 Å². The van der Waals surface area contributed by atoms with Crippen LogP contribution in [0.15, 0.2) is 36.8 Å². The Bertz CT molecular complexity index is 1000. The molecule has 0 saturated carbocycles. The van der Waals surface area contributed by atoms with Crippen LogP contribution in [0.4, 0.5) is 17.1 Å². The van der Waals surface area contributed by atoms with Crippen LogP contribution in [0.1, 0.15) is 18.7 Å². The molecule has 4 rings (SSSR count). The van der Waals surface area contributed by atoms with Gasteiger partial charge in [0.05, 0.1) is 22.6 Å². The molecule has 0 spiro atoms. The molecule has 0 unspecified atom stereocenters. The number of nitrogens with two attached hydrogens (primary N) is 1. The average Bonchev–Trinajstić information content (AvgIpc) is 2.80. The van der Waals surface area contributed by atoms with E-state index < -0.39 is 5.91 Å². The van der Waals surface area contributed by atoms with Crippen molar-refractivity contribution in [3.63, 3.8) is 0 Å². The highest BCUT2D eigenvalue weighted by molar-refractivity contribution is 6.25. The number of nitrogens with one attached hydrogen (secondary N) is 2. The number of rotatable bonds is 5. The number of amides is 2. The van der Waals surface area contributed by atoms with E-state index in [2.05, 4.69) is 25.5 Å². The fraction of sp³-hybridized carbons (Fsp3) is 0.333. The number of carbonyl (C=O) groups excluding carboxylic acids is 2. The lowest BCUT2D eigenvalue weighted by Gasteiger charge is -2.35. The standard InChI is InChI=1S/C21H24N6O4/c22-10-14(20-23-4-1-5-24-20)21(30)26-15-8-16-18(31-12-19(29)25-16)9-17(15)27-6-2-13(11-28)3-7-27/h1,4-5,8-10,13,28H,2-3,6-7,11-12,22H2,(H,25,29)(H,26,30)/b14-10+. The first-order valence-electron chi connectivity index (χ1n) is 10.1. The Hall–Kier alpha value is -3.66. The molecule has 5 N–H and O–H groups in total. The third-order valence-corrected chi connectivity index (χ3v) is 5.41. The maximum absolute atomic E-state index is 13.0. The monoisotopic (exact) mass is 424 g/mol. The van der Waals surface area contributed by atoms with Crippen molar-refractivity contribution in [3.8, 4) is 5.75 Å². The molecule has 1 fully saturated rings. The van der Waals surface area contributed by atoms with Gasteiger partial charge in [-0.1, -0.05) is 0 Å². The second-order valence-corrected chi connectivity index (χ2v) is 7.42. The van der Waals surface area contributed by atoms with Crippen LogP contribution in [-0.4, -0.2) is 53.2 Å². The zero-order chi connectivity index (χ0) is 21.8. The van der Waals surface area contributed by atoms with E-state index in [1.807, 2.05) is 6.07 Å². The van der Waals surface area contributed by atoms with Crippen LogP contribution in [0.5, 0.6) is 5.75 Å². The quantitative estimate of drug-likeness (QED) is 0.520. The maximum Gasteiger partial charge on any atom is 0.262 e. The number of hydrogen-bond acceptors (Lipinski definition) is 8. The SMILES string of the molecule is N/C=C(/C(=O)Nc1cc2c(cc1N1CCC(CO)CC1)OCC(=O)N2)c1ncccn1. The van der Waals surface area contributed by atoms with Crippen LogP contribution in [0.2, 0.25) is 0 Å². The van der Waals surface area contributed by atoms with Gasteiger partial charge in [-0.3, -0.25) is 9.59 Å². The molecule has 31 heavy (non-hydrogen) atoms. The Morgan fingerprint density at radius 3 is 2.74 bits per heavy atom. The molecule has 1 saturated heterocycles. The second kappa shape index (κ2) is 9.00. The molecule has 10 heteroatoms. The summed E-state index contributed by atoms with van der Waals surface area (Å²) in [5.74, 6) is 0.287. The van der Waals surface area contributed by atoms with Gasteiger partial charge in [-0.25, -0.2) is 9.97 Å². The summed E-state index contributed by atoms with van der Waals surface area (Å²) in [6, 6.07) is 5.14. The number of piperidine rings is 1. The Balaban J connectivity index is 1.65. The topological polar surface area (TPSA) is 143 Å². The summed E-state index contributed by atoms with van der Waals surface area (Å²) in [5, 5.41) is 15.1. The number of aromatic nitrogens is 2. The zero-order valence-corrected chi connectivity index (χ0v) is 16.9. The van der Waals surface area contributed by atoms with Gasteiger partial charge in [-0.15, -0.1) is 0 Å². The molecule has 2 amide bonds. The van der Waals surface area contributed by atoms with Crippen molar-refractivity contribution in [3.05, 3.63) is 42.6 Å². The van der Waals surface area contributed by atoms with E-state index >= 15 is 0 Å². The Morgan fingerprint density at radius 1 is 1.32 bits per heavy atom. The van der Waals surface area contributed by atoms with Crippen molar-refractivity contribution in [1.82, 2.24) is 9.97 Å². The normalized spacial score (nSPS) is 16.9. The molecule has 2 aliphatic rings. The first-order chi connectivity index (χ1) is 15.1. The van der Waals surface area contributed by atoms with E-state index in [-0.39, 0.29) is 36.4 Å². The van der Waals surface area contributed by atoms with Crippen LogP contribution >= 0.6 is 0 Å². The lowest BCUT2D eigenvalue weighted by Crippen LogP contribution is -2.35. The number of nitrogens with zero attached hydrogens (tertiary/aromatic N) is 3. The predicted octanol–water partition coefficient (Wildman–Crippen LogP) is 0.954. The Kier molecular flexibility index (Phi) is 5.99. The smallest absolute Gasteiger partial charge is 0.262 e. The summed E-state index contributed by atoms with van der Waals surface area (Å²) >= 11 is 0. The summed E-state index contributed by atoms with van der Waals surface area (Å²) in [6.07, 6.45) is 5.90. The summed E-state index contributed by atoms with van der Waals surface area (Å²) in [7, 11) is 0. The fourth-order valence-corrected chi connectivity index (χ4v) is 3.71. The van der Waals surface area contributed by atoms with Gasteiger partial charge in [0.15, 0.2) is 12.4 Å². The molecule has 2 aromatic rings. The largest absolute Gasteiger partial charge is 0.482 e. The van der Waals surface area contributed by atoms with Crippen LogP contribution in [0.3, 0.4) is 0 Å². The number of ether oxygens (including phenoxy) is 1. The predicted molar refractivity (Wildman–Crippen MR) is 115 cm³/mol. The van der Waals surface area contributed by atoms with Crippen molar-refractivity contribution < 1.29 is 19.4 Å². The third-order valence-electron chi connectivity index (χ3n) is 5.41. The minimum atomic E-state index is -0.469. The van der Waals surface area contributed by atoms with E-state index in [4.69, 9.17) is 10.5 Å². The number of aliphatic hydroxyl groups is 1. The summed E-state index contributed by atoms with van der Waals surface area (Å²) in [4.78, 5) is 35.1. The van der Waals surface area contributed by atoms with Gasteiger partial charge in [0, 0.05) is 44.4 Å². The first-order valence-corrected chi connectivity index (χ1v) is 10.1. The number of fused-ring (bicyclic) bond motifs is 1. The highest BCUT2D eigenvalue weighted by atomic mass is 16.5. The van der Waals surface area contributed by atoms with Crippen LogP contribution in [0, 0.1) is 5.92 Å². The number of aliphatic hydroxyl groups excluding tert-OH is 1. The molecule has 0 atom stereocenters. The number of carbonyl (C=O) groups is 2. The lowest BCUT2D eigenvalue weighted by atomic mass is 9.97. The highest BCUT2D eigenvalue weighted by Crippen LogP contribution is 2.40. The molecular formula is C21H24N6O4. The molecule has 1 aromatic heterocycles. The average molecular weight is 424 g/mol. The van der Waals surface area contributed by atoms with E-state index in [9.17, 15) is 14.7 Å². The minimum absolute atomic E-state index is 0.0594. The van der Waals surface area contributed by atoms with Crippen molar-refractivity contribution in [2.45, 2.75) is 12.8 Å². The van der Waals surface area contributed by atoms with E-state index in [0.717, 1.165) is 31.6 Å². The number of anilines is 3. The summed E-state index contributed by atoms with van der Waals surface area (Å²) < 4.78 is 5.56. The Morgan fingerprint density at radius 2 is 2.06 bits per heavy atom. The van der Waals surface area contributed by atoms with Crippen LogP contribution < -0.4 is 26.0 Å². The van der Waals surface area contributed by atoms with Gasteiger partial charge in [0.2, 0.25) is 0 Å². The molecule has 1 aromatic carbocycles. The maximum atomic E-state index is 13.0. The van der Waals surface area contributed by atoms with Gasteiger partial charge < -0.3 is 31.1 Å². The van der Waals surface area contributed by atoms with Crippen molar-refractivity contribution in [2.75, 3.05) is 41.8 Å². The number of hydrogen-bond donors (Lipinski definition) is 4.